The van der Waals surface area contributed by atoms with E-state index in [0.29, 0.717) is 19.4 Å². The number of carbonyl (C=O) groups excluding carboxylic acids is 1. The first-order chi connectivity index (χ1) is 9.24. The Morgan fingerprint density at radius 2 is 2.00 bits per heavy atom. The standard InChI is InChI=1S/C15H17NO2S/c17-13(9-12-5-2-1-3-6-12)11-16-15(18)10-14-7-4-8-19-14/h1-8,13,17H,9-11H2,(H,16,18)/t13-/m0/s1. The monoisotopic (exact) mass is 275 g/mol. The van der Waals surface area contributed by atoms with E-state index in [9.17, 15) is 9.90 Å². The third-order valence-electron chi connectivity index (χ3n) is 2.76. The van der Waals surface area contributed by atoms with Crippen molar-refractivity contribution in [3.8, 4) is 0 Å². The van der Waals surface area contributed by atoms with E-state index in [1.807, 2.05) is 47.8 Å². The maximum Gasteiger partial charge on any atom is 0.225 e. The van der Waals surface area contributed by atoms with Crippen LogP contribution in [0, 0.1) is 0 Å². The van der Waals surface area contributed by atoms with Crippen molar-refractivity contribution in [3.63, 3.8) is 0 Å². The van der Waals surface area contributed by atoms with Crippen LogP contribution in [0.1, 0.15) is 10.4 Å². The summed E-state index contributed by atoms with van der Waals surface area (Å²) in [5.41, 5.74) is 1.07. The lowest BCUT2D eigenvalue weighted by Crippen LogP contribution is -2.34. The van der Waals surface area contributed by atoms with Gasteiger partial charge >= 0.3 is 0 Å². The van der Waals surface area contributed by atoms with Crippen LogP contribution < -0.4 is 5.32 Å². The van der Waals surface area contributed by atoms with Gasteiger partial charge in [-0.15, -0.1) is 11.3 Å². The SMILES string of the molecule is O=C(Cc1cccs1)NC[C@@H](O)Cc1ccccc1. The molecule has 4 heteroatoms. The van der Waals surface area contributed by atoms with Gasteiger partial charge in [-0.25, -0.2) is 0 Å². The fourth-order valence-corrected chi connectivity index (χ4v) is 2.53. The number of hydrogen-bond acceptors (Lipinski definition) is 3. The Morgan fingerprint density at radius 1 is 1.21 bits per heavy atom. The minimum atomic E-state index is -0.547. The van der Waals surface area contributed by atoms with E-state index in [0.717, 1.165) is 10.4 Å². The molecule has 19 heavy (non-hydrogen) atoms. The highest BCUT2D eigenvalue weighted by atomic mass is 32.1. The molecule has 2 N–H and O–H groups in total. The molecule has 0 spiro atoms. The van der Waals surface area contributed by atoms with Crippen LogP contribution >= 0.6 is 11.3 Å². The third-order valence-corrected chi connectivity index (χ3v) is 3.64. The molecular weight excluding hydrogens is 258 g/mol. The summed E-state index contributed by atoms with van der Waals surface area (Å²) in [4.78, 5) is 12.7. The summed E-state index contributed by atoms with van der Waals surface area (Å²) in [6.45, 7) is 0.291. The first-order valence-electron chi connectivity index (χ1n) is 6.25. The average Bonchev–Trinajstić information content (AvgIpc) is 2.90. The Morgan fingerprint density at radius 3 is 2.68 bits per heavy atom. The van der Waals surface area contributed by atoms with Crippen LogP contribution in [0.2, 0.25) is 0 Å². The molecule has 1 atom stereocenters. The van der Waals surface area contributed by atoms with Gasteiger partial charge in [0.25, 0.3) is 0 Å². The second kappa shape index (κ2) is 7.07. The summed E-state index contributed by atoms with van der Waals surface area (Å²) >= 11 is 1.56. The van der Waals surface area contributed by atoms with Gasteiger partial charge in [0.2, 0.25) is 5.91 Å². The Kier molecular flexibility index (Phi) is 5.12. The lowest BCUT2D eigenvalue weighted by Gasteiger charge is -2.11. The summed E-state index contributed by atoms with van der Waals surface area (Å²) in [7, 11) is 0. The predicted octanol–water partition coefficient (Wildman–Crippen LogP) is 2.01. The van der Waals surface area contributed by atoms with Crippen molar-refractivity contribution in [2.45, 2.75) is 18.9 Å². The molecule has 1 heterocycles. The zero-order valence-corrected chi connectivity index (χ0v) is 11.4. The first-order valence-corrected chi connectivity index (χ1v) is 7.13. The van der Waals surface area contributed by atoms with Gasteiger partial charge in [0.1, 0.15) is 0 Å². The molecule has 0 aliphatic rings. The Labute approximate surface area is 116 Å². The normalized spacial score (nSPS) is 12.1. The van der Waals surface area contributed by atoms with Crippen molar-refractivity contribution < 1.29 is 9.90 Å². The summed E-state index contributed by atoms with van der Waals surface area (Å²) < 4.78 is 0. The Hall–Kier alpha value is -1.65. The number of amides is 1. The molecule has 100 valence electrons. The topological polar surface area (TPSA) is 49.3 Å². The van der Waals surface area contributed by atoms with Crippen molar-refractivity contribution >= 4 is 17.2 Å². The van der Waals surface area contributed by atoms with E-state index in [-0.39, 0.29) is 5.91 Å². The number of hydrogen-bond donors (Lipinski definition) is 2. The van der Waals surface area contributed by atoms with Crippen LogP contribution in [0.15, 0.2) is 47.8 Å². The summed E-state index contributed by atoms with van der Waals surface area (Å²) in [6.07, 6.45) is 0.394. The number of carbonyl (C=O) groups is 1. The van der Waals surface area contributed by atoms with E-state index in [4.69, 9.17) is 0 Å². The third kappa shape index (κ3) is 4.85. The molecule has 1 aromatic heterocycles. The summed E-state index contributed by atoms with van der Waals surface area (Å²) in [6, 6.07) is 13.6. The van der Waals surface area contributed by atoms with Crippen molar-refractivity contribution in [2.24, 2.45) is 0 Å². The summed E-state index contributed by atoms with van der Waals surface area (Å²) in [5.74, 6) is -0.0467. The Balaban J connectivity index is 1.71. The molecule has 2 aromatic rings. The second-order valence-corrected chi connectivity index (χ2v) is 5.44. The molecule has 0 fully saturated rings. The van der Waals surface area contributed by atoms with Gasteiger partial charge in [0.15, 0.2) is 0 Å². The van der Waals surface area contributed by atoms with Crippen LogP contribution in [-0.4, -0.2) is 23.7 Å². The van der Waals surface area contributed by atoms with E-state index >= 15 is 0 Å². The van der Waals surface area contributed by atoms with E-state index in [1.165, 1.54) is 0 Å². The van der Waals surface area contributed by atoms with Gasteiger partial charge < -0.3 is 10.4 Å². The van der Waals surface area contributed by atoms with Crippen molar-refractivity contribution in [2.75, 3.05) is 6.54 Å². The molecule has 0 aliphatic carbocycles. The molecule has 1 amide bonds. The molecule has 0 saturated carbocycles. The highest BCUT2D eigenvalue weighted by Crippen LogP contribution is 2.08. The minimum Gasteiger partial charge on any atom is -0.391 e. The van der Waals surface area contributed by atoms with Gasteiger partial charge in [-0.05, 0) is 17.0 Å². The average molecular weight is 275 g/mol. The van der Waals surface area contributed by atoms with Crippen molar-refractivity contribution in [3.05, 3.63) is 58.3 Å². The largest absolute Gasteiger partial charge is 0.391 e. The van der Waals surface area contributed by atoms with Gasteiger partial charge in [-0.2, -0.15) is 0 Å². The van der Waals surface area contributed by atoms with Gasteiger partial charge in [-0.1, -0.05) is 36.4 Å². The molecular formula is C15H17NO2S. The number of benzene rings is 1. The highest BCUT2D eigenvalue weighted by Gasteiger charge is 2.08. The van der Waals surface area contributed by atoms with Crippen LogP contribution in [0.5, 0.6) is 0 Å². The van der Waals surface area contributed by atoms with E-state index < -0.39 is 6.10 Å². The van der Waals surface area contributed by atoms with Gasteiger partial charge in [-0.3, -0.25) is 4.79 Å². The smallest absolute Gasteiger partial charge is 0.225 e. The van der Waals surface area contributed by atoms with Crippen LogP contribution in [0.4, 0.5) is 0 Å². The molecule has 0 radical (unpaired) electrons. The predicted molar refractivity (Wildman–Crippen MR) is 77.2 cm³/mol. The lowest BCUT2D eigenvalue weighted by molar-refractivity contribution is -0.120. The minimum absolute atomic E-state index is 0.0467. The summed E-state index contributed by atoms with van der Waals surface area (Å²) in [5, 5.41) is 14.6. The van der Waals surface area contributed by atoms with E-state index in [2.05, 4.69) is 5.32 Å². The van der Waals surface area contributed by atoms with Crippen LogP contribution in [-0.2, 0) is 17.6 Å². The molecule has 0 unspecified atom stereocenters. The highest BCUT2D eigenvalue weighted by molar-refractivity contribution is 7.10. The maximum atomic E-state index is 11.7. The number of aliphatic hydroxyl groups excluding tert-OH is 1. The second-order valence-electron chi connectivity index (χ2n) is 4.40. The fraction of sp³-hybridized carbons (Fsp3) is 0.267. The number of thiophene rings is 1. The molecule has 0 saturated heterocycles. The first kappa shape index (κ1) is 13.8. The molecule has 1 aromatic carbocycles. The van der Waals surface area contributed by atoms with Crippen molar-refractivity contribution in [1.82, 2.24) is 5.32 Å². The molecule has 0 aliphatic heterocycles. The zero-order chi connectivity index (χ0) is 13.5. The molecule has 2 rings (SSSR count). The quantitative estimate of drug-likeness (QED) is 0.847. The van der Waals surface area contributed by atoms with Crippen LogP contribution in [0.25, 0.3) is 0 Å². The zero-order valence-electron chi connectivity index (χ0n) is 10.6. The van der Waals surface area contributed by atoms with E-state index in [1.54, 1.807) is 11.3 Å². The lowest BCUT2D eigenvalue weighted by atomic mass is 10.1. The van der Waals surface area contributed by atoms with Crippen LogP contribution in [0.3, 0.4) is 0 Å². The van der Waals surface area contributed by atoms with Gasteiger partial charge in [0, 0.05) is 17.8 Å². The molecule has 0 bridgehead atoms. The maximum absolute atomic E-state index is 11.7. The number of rotatable bonds is 6. The number of nitrogens with one attached hydrogen (secondary N) is 1. The van der Waals surface area contributed by atoms with Crippen molar-refractivity contribution in [1.29, 1.82) is 0 Å². The fourth-order valence-electron chi connectivity index (χ4n) is 1.82. The molecule has 3 nitrogen and oxygen atoms in total. The van der Waals surface area contributed by atoms with Gasteiger partial charge in [0.05, 0.1) is 12.5 Å². The Bertz CT molecular complexity index is 496. The number of aliphatic hydroxyl groups is 1.